The molecular formula is C10H4BrClN2. The third-order valence-corrected chi connectivity index (χ3v) is 2.68. The van der Waals surface area contributed by atoms with Crippen LogP contribution in [0.2, 0.25) is 5.02 Å². The zero-order valence-corrected chi connectivity index (χ0v) is 9.30. The Bertz CT molecular complexity index is 546. The van der Waals surface area contributed by atoms with Gasteiger partial charge in [0, 0.05) is 27.6 Å². The van der Waals surface area contributed by atoms with E-state index in [4.69, 9.17) is 16.9 Å². The Morgan fingerprint density at radius 3 is 2.79 bits per heavy atom. The summed E-state index contributed by atoms with van der Waals surface area (Å²) >= 11 is 9.34. The summed E-state index contributed by atoms with van der Waals surface area (Å²) in [6.45, 7) is 0. The summed E-state index contributed by atoms with van der Waals surface area (Å²) in [5, 5.41) is 11.1. The van der Waals surface area contributed by atoms with E-state index in [9.17, 15) is 0 Å². The van der Waals surface area contributed by atoms with Crippen molar-refractivity contribution in [3.05, 3.63) is 39.6 Å². The Balaban J connectivity index is 2.95. The van der Waals surface area contributed by atoms with Gasteiger partial charge in [-0.3, -0.25) is 4.98 Å². The molecule has 2 nitrogen and oxygen atoms in total. The molecule has 0 spiro atoms. The van der Waals surface area contributed by atoms with E-state index in [1.54, 1.807) is 12.3 Å². The van der Waals surface area contributed by atoms with Crippen LogP contribution in [-0.2, 0) is 0 Å². The van der Waals surface area contributed by atoms with E-state index in [1.807, 2.05) is 6.07 Å². The molecule has 0 N–H and O–H groups in total. The maximum Gasteiger partial charge on any atom is 0.101 e. The first-order valence-electron chi connectivity index (χ1n) is 3.85. The molecule has 0 aliphatic heterocycles. The Hall–Kier alpha value is -1.11. The minimum atomic E-state index is 0.533. The molecule has 0 aliphatic carbocycles. The normalized spacial score (nSPS) is 10.1. The van der Waals surface area contributed by atoms with Crippen LogP contribution >= 0.6 is 27.5 Å². The number of hydrogen-bond acceptors (Lipinski definition) is 2. The third kappa shape index (κ3) is 1.47. The molecule has 0 bridgehead atoms. The predicted molar refractivity (Wildman–Crippen MR) is 59.2 cm³/mol. The third-order valence-electron chi connectivity index (χ3n) is 1.91. The van der Waals surface area contributed by atoms with Crippen LogP contribution in [0.5, 0.6) is 0 Å². The van der Waals surface area contributed by atoms with Gasteiger partial charge in [0.15, 0.2) is 0 Å². The van der Waals surface area contributed by atoms with Crippen LogP contribution in [0.4, 0.5) is 0 Å². The van der Waals surface area contributed by atoms with Gasteiger partial charge >= 0.3 is 0 Å². The van der Waals surface area contributed by atoms with Crippen molar-refractivity contribution < 1.29 is 0 Å². The lowest BCUT2D eigenvalue weighted by Gasteiger charge is -2.02. The fourth-order valence-corrected chi connectivity index (χ4v) is 2.14. The van der Waals surface area contributed by atoms with Gasteiger partial charge in [-0.25, -0.2) is 0 Å². The summed E-state index contributed by atoms with van der Waals surface area (Å²) in [5.41, 5.74) is 0.533. The molecule has 0 saturated carbocycles. The number of pyridine rings is 1. The number of hydrogen-bond donors (Lipinski definition) is 0. The van der Waals surface area contributed by atoms with E-state index in [0.29, 0.717) is 10.6 Å². The van der Waals surface area contributed by atoms with Crippen LogP contribution in [0.1, 0.15) is 5.56 Å². The minimum absolute atomic E-state index is 0.533. The second kappa shape index (κ2) is 3.56. The highest BCUT2D eigenvalue weighted by atomic mass is 79.9. The van der Waals surface area contributed by atoms with Crippen LogP contribution < -0.4 is 0 Å². The van der Waals surface area contributed by atoms with Crippen LogP contribution in [0, 0.1) is 11.3 Å². The molecule has 0 atom stereocenters. The Labute approximate surface area is 94.3 Å². The highest BCUT2D eigenvalue weighted by Crippen LogP contribution is 2.29. The van der Waals surface area contributed by atoms with Crippen molar-refractivity contribution in [2.45, 2.75) is 0 Å². The monoisotopic (exact) mass is 266 g/mol. The Kier molecular flexibility index (Phi) is 2.40. The first kappa shape index (κ1) is 9.45. The molecule has 68 valence electrons. The van der Waals surface area contributed by atoms with Gasteiger partial charge in [0.2, 0.25) is 0 Å². The molecule has 0 radical (unpaired) electrons. The summed E-state index contributed by atoms with van der Waals surface area (Å²) in [5.74, 6) is 0. The lowest BCUT2D eigenvalue weighted by molar-refractivity contribution is 1.34. The van der Waals surface area contributed by atoms with Crippen molar-refractivity contribution in [3.63, 3.8) is 0 Å². The first-order chi connectivity index (χ1) is 6.72. The summed E-state index contributed by atoms with van der Waals surface area (Å²) in [7, 11) is 0. The van der Waals surface area contributed by atoms with E-state index in [2.05, 4.69) is 27.0 Å². The van der Waals surface area contributed by atoms with E-state index in [1.165, 1.54) is 6.20 Å². The minimum Gasteiger partial charge on any atom is -0.263 e. The van der Waals surface area contributed by atoms with Gasteiger partial charge in [0.25, 0.3) is 0 Å². The molecule has 0 unspecified atom stereocenters. The van der Waals surface area contributed by atoms with Gasteiger partial charge in [-0.15, -0.1) is 0 Å². The molecule has 1 aromatic heterocycles. The summed E-state index contributed by atoms with van der Waals surface area (Å²) < 4.78 is 0.859. The second-order valence-corrected chi connectivity index (χ2v) is 4.10. The number of nitrogens with zero attached hydrogens (tertiary/aromatic N) is 2. The van der Waals surface area contributed by atoms with Gasteiger partial charge in [0.1, 0.15) is 6.07 Å². The fourth-order valence-electron chi connectivity index (χ4n) is 1.28. The molecule has 0 fully saturated rings. The quantitative estimate of drug-likeness (QED) is 0.732. The number of halogens is 2. The average molecular weight is 268 g/mol. The Morgan fingerprint density at radius 2 is 2.07 bits per heavy atom. The largest absolute Gasteiger partial charge is 0.263 e. The molecule has 1 aromatic carbocycles. The molecule has 0 saturated heterocycles. The van der Waals surface area contributed by atoms with Gasteiger partial charge in [0.05, 0.1) is 10.6 Å². The highest BCUT2D eigenvalue weighted by molar-refractivity contribution is 9.10. The number of rotatable bonds is 0. The topological polar surface area (TPSA) is 36.7 Å². The molecule has 2 aromatic rings. The number of benzene rings is 1. The van der Waals surface area contributed by atoms with Crippen molar-refractivity contribution in [2.24, 2.45) is 0 Å². The fraction of sp³-hybridized carbons (Fsp3) is 0. The number of aromatic nitrogens is 1. The van der Waals surface area contributed by atoms with E-state index < -0.39 is 0 Å². The smallest absolute Gasteiger partial charge is 0.101 e. The summed E-state index contributed by atoms with van der Waals surface area (Å²) in [6.07, 6.45) is 3.19. The van der Waals surface area contributed by atoms with Gasteiger partial charge in [-0.1, -0.05) is 27.5 Å². The molecule has 2 rings (SSSR count). The molecular weight excluding hydrogens is 263 g/mol. The SMILES string of the molecule is N#Cc1cncc2c(Cl)cc(Br)cc12. The van der Waals surface area contributed by atoms with Gasteiger partial charge in [-0.05, 0) is 12.1 Å². The highest BCUT2D eigenvalue weighted by Gasteiger charge is 2.05. The van der Waals surface area contributed by atoms with Crippen molar-refractivity contribution >= 4 is 38.3 Å². The second-order valence-electron chi connectivity index (χ2n) is 2.78. The predicted octanol–water partition coefficient (Wildman–Crippen LogP) is 3.52. The van der Waals surface area contributed by atoms with Gasteiger partial charge in [-0.2, -0.15) is 5.26 Å². The van der Waals surface area contributed by atoms with E-state index in [-0.39, 0.29) is 0 Å². The lowest BCUT2D eigenvalue weighted by atomic mass is 10.1. The first-order valence-corrected chi connectivity index (χ1v) is 5.02. The average Bonchev–Trinajstić information content (AvgIpc) is 2.17. The maximum atomic E-state index is 8.87. The molecule has 0 aliphatic rings. The van der Waals surface area contributed by atoms with Crippen molar-refractivity contribution in [3.8, 4) is 6.07 Å². The molecule has 14 heavy (non-hydrogen) atoms. The number of nitriles is 1. The van der Waals surface area contributed by atoms with Gasteiger partial charge < -0.3 is 0 Å². The van der Waals surface area contributed by atoms with Crippen LogP contribution in [0.15, 0.2) is 29.0 Å². The maximum absolute atomic E-state index is 8.87. The van der Waals surface area contributed by atoms with E-state index in [0.717, 1.165) is 15.2 Å². The molecule has 0 amide bonds. The molecule has 4 heteroatoms. The van der Waals surface area contributed by atoms with Crippen LogP contribution in [-0.4, -0.2) is 4.98 Å². The summed E-state index contributed by atoms with van der Waals surface area (Å²) in [6, 6.07) is 5.73. The van der Waals surface area contributed by atoms with Crippen molar-refractivity contribution in [1.29, 1.82) is 5.26 Å². The van der Waals surface area contributed by atoms with E-state index >= 15 is 0 Å². The lowest BCUT2D eigenvalue weighted by Crippen LogP contribution is -1.83. The summed E-state index contributed by atoms with van der Waals surface area (Å²) in [4.78, 5) is 3.95. The number of fused-ring (bicyclic) bond motifs is 1. The van der Waals surface area contributed by atoms with Crippen molar-refractivity contribution in [2.75, 3.05) is 0 Å². The van der Waals surface area contributed by atoms with Crippen LogP contribution in [0.25, 0.3) is 10.8 Å². The van der Waals surface area contributed by atoms with Crippen LogP contribution in [0.3, 0.4) is 0 Å². The van der Waals surface area contributed by atoms with Crippen molar-refractivity contribution in [1.82, 2.24) is 4.98 Å². The zero-order valence-electron chi connectivity index (χ0n) is 6.96. The standard InChI is InChI=1S/C10H4BrClN2/c11-7-1-8-6(3-13)4-14-5-9(8)10(12)2-7/h1-2,4-5H. The zero-order chi connectivity index (χ0) is 10.1. The molecule has 1 heterocycles. The Morgan fingerprint density at radius 1 is 1.29 bits per heavy atom.